The number of rotatable bonds is 7. The van der Waals surface area contributed by atoms with Crippen LogP contribution in [0.25, 0.3) is 0 Å². The molecule has 0 unspecified atom stereocenters. The second-order valence-corrected chi connectivity index (χ2v) is 7.79. The number of carbonyl (C=O) groups is 1. The van der Waals surface area contributed by atoms with Crippen molar-refractivity contribution in [3.8, 4) is 0 Å². The van der Waals surface area contributed by atoms with Crippen LogP contribution < -0.4 is 0 Å². The van der Waals surface area contributed by atoms with Gasteiger partial charge in [-0.1, -0.05) is 0 Å². The maximum Gasteiger partial charge on any atom is 0.325 e. The lowest BCUT2D eigenvalue weighted by atomic mass is 9.97. The van der Waals surface area contributed by atoms with Gasteiger partial charge in [0.05, 0.1) is 23.7 Å². The molecule has 0 amide bonds. The van der Waals surface area contributed by atoms with E-state index in [-0.39, 0.29) is 17.6 Å². The molecule has 25 heavy (non-hydrogen) atoms. The van der Waals surface area contributed by atoms with Crippen LogP contribution >= 0.6 is 0 Å². The molecule has 1 heterocycles. The van der Waals surface area contributed by atoms with E-state index in [9.17, 15) is 10.0 Å². The average Bonchev–Trinajstić information content (AvgIpc) is 2.52. The summed E-state index contributed by atoms with van der Waals surface area (Å²) in [4.78, 5) is 20.2. The lowest BCUT2D eigenvalue weighted by molar-refractivity contribution is -0.725. The molecule has 0 N–H and O–H groups in total. The minimum absolute atomic E-state index is 0.121. The lowest BCUT2D eigenvalue weighted by Gasteiger charge is -2.40. The van der Waals surface area contributed by atoms with Gasteiger partial charge in [-0.25, -0.2) is 0 Å². The summed E-state index contributed by atoms with van der Waals surface area (Å²) in [6.07, 6.45) is 1.30. The smallest absolute Gasteiger partial charge is 0.325 e. The second kappa shape index (κ2) is 8.69. The first-order chi connectivity index (χ1) is 11.5. The van der Waals surface area contributed by atoms with Crippen LogP contribution in [0.1, 0.15) is 61.3 Å². The van der Waals surface area contributed by atoms with Gasteiger partial charge in [0.2, 0.25) is 5.28 Å². The summed E-state index contributed by atoms with van der Waals surface area (Å²) in [7, 11) is 0. The predicted molar refractivity (Wildman–Crippen MR) is 94.6 cm³/mol. The average molecular weight is 358 g/mol. The van der Waals surface area contributed by atoms with E-state index in [1.54, 1.807) is 11.9 Å². The Kier molecular flexibility index (Phi) is 7.46. The maximum atomic E-state index is 12.1. The predicted octanol–water partition coefficient (Wildman–Crippen LogP) is 2.72. The van der Waals surface area contributed by atoms with E-state index in [1.165, 1.54) is 0 Å². The Morgan fingerprint density at radius 1 is 1.24 bits per heavy atom. The Morgan fingerprint density at radius 3 is 2.24 bits per heavy atom. The molecule has 1 fully saturated rings. The zero-order chi connectivity index (χ0) is 19.3. The highest BCUT2D eigenvalue weighted by Gasteiger charge is 2.38. The van der Waals surface area contributed by atoms with Crippen molar-refractivity contribution in [1.29, 1.82) is 0 Å². The topological polar surface area (TPSA) is 80.4 Å². The molecule has 0 aromatic carbocycles. The molecule has 1 aliphatic heterocycles. The molecule has 146 valence electrons. The molecule has 0 saturated carbocycles. The molecule has 0 atom stereocenters. The van der Waals surface area contributed by atoms with Gasteiger partial charge >= 0.3 is 5.97 Å². The standard InChI is InChI=1S/C17H34N4O4/c1-8-20(16(3,4)5)21(23)18-25-14-10-12-19(13-11-14)17(6,7)15(22)24-9-2/h14H,8-13H2,1-7H3/b21-18-. The summed E-state index contributed by atoms with van der Waals surface area (Å²) >= 11 is 0. The highest BCUT2D eigenvalue weighted by Crippen LogP contribution is 2.24. The number of nitrogens with zero attached hydrogens (tertiary/aromatic N) is 4. The van der Waals surface area contributed by atoms with Crippen LogP contribution in [0, 0.1) is 5.21 Å². The molecule has 0 spiro atoms. The van der Waals surface area contributed by atoms with E-state index in [0.717, 1.165) is 0 Å². The molecule has 0 aliphatic carbocycles. The van der Waals surface area contributed by atoms with Gasteiger partial charge in [-0.3, -0.25) is 9.69 Å². The molecule has 0 bridgehead atoms. The van der Waals surface area contributed by atoms with Crippen LogP contribution in [-0.4, -0.2) is 64.3 Å². The summed E-state index contributed by atoms with van der Waals surface area (Å²) in [5, 5.41) is 17.4. The fourth-order valence-electron chi connectivity index (χ4n) is 2.96. The number of esters is 1. The molecule has 8 heteroatoms. The third kappa shape index (κ3) is 5.73. The number of hydrogen-bond acceptors (Lipinski definition) is 6. The van der Waals surface area contributed by atoms with E-state index in [0.29, 0.717) is 44.1 Å². The lowest BCUT2D eigenvalue weighted by Crippen LogP contribution is -2.54. The van der Waals surface area contributed by atoms with Gasteiger partial charge in [0.1, 0.15) is 11.6 Å². The van der Waals surface area contributed by atoms with E-state index in [2.05, 4.69) is 10.2 Å². The van der Waals surface area contributed by atoms with Crippen molar-refractivity contribution >= 4 is 5.97 Å². The highest BCUT2D eigenvalue weighted by atomic mass is 16.7. The number of hydrazine groups is 1. The molecular formula is C17H34N4O4. The fourth-order valence-corrected chi connectivity index (χ4v) is 2.96. The van der Waals surface area contributed by atoms with E-state index < -0.39 is 5.54 Å². The van der Waals surface area contributed by atoms with Crippen molar-refractivity contribution in [1.82, 2.24) is 9.91 Å². The molecule has 0 radical (unpaired) electrons. The number of likely N-dealkylation sites (tertiary alicyclic amines) is 1. The normalized spacial score (nSPS) is 18.1. The third-order valence-corrected chi connectivity index (χ3v) is 4.55. The zero-order valence-corrected chi connectivity index (χ0v) is 16.7. The largest absolute Gasteiger partial charge is 0.569 e. The molecule has 8 nitrogen and oxygen atoms in total. The first-order valence-electron chi connectivity index (χ1n) is 9.07. The minimum atomic E-state index is -0.659. The highest BCUT2D eigenvalue weighted by molar-refractivity contribution is 5.79. The van der Waals surface area contributed by atoms with Gasteiger partial charge < -0.3 is 14.8 Å². The monoisotopic (exact) mass is 358 g/mol. The number of hydrogen-bond donors (Lipinski definition) is 0. The van der Waals surface area contributed by atoms with Crippen molar-refractivity contribution in [3.05, 3.63) is 5.21 Å². The maximum absolute atomic E-state index is 12.1. The van der Waals surface area contributed by atoms with Crippen LogP contribution in [0.5, 0.6) is 0 Å². The zero-order valence-electron chi connectivity index (χ0n) is 16.7. The summed E-state index contributed by atoms with van der Waals surface area (Å²) in [5.41, 5.74) is -0.982. The van der Waals surface area contributed by atoms with E-state index >= 15 is 0 Å². The number of piperidine rings is 1. The van der Waals surface area contributed by atoms with Gasteiger partial charge in [0, 0.05) is 13.1 Å². The SMILES string of the molecule is CCOC(=O)C(C)(C)N1CCC(O/N=[N+](\[O-])N(CC)C(C)(C)C)CC1. The third-order valence-electron chi connectivity index (χ3n) is 4.55. The Hall–Kier alpha value is -1.57. The minimum Gasteiger partial charge on any atom is -0.569 e. The Labute approximate surface area is 151 Å². The summed E-state index contributed by atoms with van der Waals surface area (Å²) < 4.78 is 5.15. The van der Waals surface area contributed by atoms with Gasteiger partial charge in [-0.15, -0.1) is 5.01 Å². The first-order valence-corrected chi connectivity index (χ1v) is 9.07. The number of ether oxygens (including phenoxy) is 1. The molecule has 1 rings (SSSR count). The first kappa shape index (κ1) is 21.5. The van der Waals surface area contributed by atoms with Crippen LogP contribution in [0.3, 0.4) is 0 Å². The van der Waals surface area contributed by atoms with Gasteiger partial charge in [0.15, 0.2) is 0 Å². The molecule has 0 aromatic heterocycles. The summed E-state index contributed by atoms with van der Waals surface area (Å²) in [6, 6.07) is 0. The van der Waals surface area contributed by atoms with Crippen molar-refractivity contribution in [3.63, 3.8) is 0 Å². The molecule has 1 aliphatic rings. The van der Waals surface area contributed by atoms with Crippen LogP contribution in [-0.2, 0) is 14.4 Å². The summed E-state index contributed by atoms with van der Waals surface area (Å²) in [5.74, 6) is -0.214. The molecular weight excluding hydrogens is 324 g/mol. The van der Waals surface area contributed by atoms with E-state index in [4.69, 9.17) is 9.57 Å². The van der Waals surface area contributed by atoms with Crippen LogP contribution in [0.2, 0.25) is 0 Å². The fraction of sp³-hybridized carbons (Fsp3) is 0.941. The second-order valence-electron chi connectivity index (χ2n) is 7.79. The molecule has 1 saturated heterocycles. The van der Waals surface area contributed by atoms with Crippen molar-refractivity contribution in [2.75, 3.05) is 26.2 Å². The van der Waals surface area contributed by atoms with Crippen LogP contribution in [0.4, 0.5) is 0 Å². The Balaban J connectivity index is 2.57. The van der Waals surface area contributed by atoms with Crippen molar-refractivity contribution in [2.45, 2.75) is 78.5 Å². The van der Waals surface area contributed by atoms with Gasteiger partial charge in [0.25, 0.3) is 0 Å². The quantitative estimate of drug-likeness (QED) is 0.301. The van der Waals surface area contributed by atoms with Gasteiger partial charge in [-0.05, 0) is 61.3 Å². The van der Waals surface area contributed by atoms with E-state index in [1.807, 2.05) is 41.5 Å². The van der Waals surface area contributed by atoms with Crippen LogP contribution in [0.15, 0.2) is 5.28 Å². The Morgan fingerprint density at radius 2 is 1.80 bits per heavy atom. The van der Waals surface area contributed by atoms with Crippen molar-refractivity contribution in [2.24, 2.45) is 5.28 Å². The Bertz CT molecular complexity index is 466. The summed E-state index contributed by atoms with van der Waals surface area (Å²) in [6.45, 7) is 15.6. The number of carbonyl (C=O) groups excluding carboxylic acids is 1. The van der Waals surface area contributed by atoms with Crippen molar-refractivity contribution < 1.29 is 19.3 Å². The van der Waals surface area contributed by atoms with Gasteiger partial charge in [-0.2, -0.15) is 0 Å². The molecule has 0 aromatic rings.